The van der Waals surface area contributed by atoms with Crippen LogP contribution in [0.15, 0.2) is 23.7 Å². The quantitative estimate of drug-likeness (QED) is 0.867. The molecule has 7 heteroatoms. The average Bonchev–Trinajstić information content (AvgIpc) is 2.73. The Morgan fingerprint density at radius 3 is 2.55 bits per heavy atom. The van der Waals surface area contributed by atoms with E-state index in [1.807, 2.05) is 6.92 Å². The molecule has 0 aliphatic heterocycles. The molecule has 2 nitrogen and oxygen atoms in total. The highest BCUT2D eigenvalue weighted by atomic mass is 32.1. The number of nitrogens with one attached hydrogen (secondary N) is 1. The van der Waals surface area contributed by atoms with Crippen LogP contribution in [0.25, 0.3) is 0 Å². The van der Waals surface area contributed by atoms with Crippen LogP contribution in [0.4, 0.5) is 17.6 Å². The summed E-state index contributed by atoms with van der Waals surface area (Å²) in [5.41, 5.74) is 1.89. The van der Waals surface area contributed by atoms with E-state index in [9.17, 15) is 17.6 Å². The summed E-state index contributed by atoms with van der Waals surface area (Å²) in [4.78, 5) is 5.08. The molecule has 0 aliphatic rings. The fourth-order valence-electron chi connectivity index (χ4n) is 1.73. The second-order valence-corrected chi connectivity index (χ2v) is 5.25. The lowest BCUT2D eigenvalue weighted by atomic mass is 10.1. The Morgan fingerprint density at radius 2 is 1.95 bits per heavy atom. The maximum Gasteiger partial charge on any atom is 0.416 e. The number of halogens is 4. The van der Waals surface area contributed by atoms with E-state index in [0.717, 1.165) is 22.7 Å². The first kappa shape index (κ1) is 14.9. The van der Waals surface area contributed by atoms with E-state index in [-0.39, 0.29) is 12.1 Å². The molecule has 0 saturated carbocycles. The number of aryl methyl sites for hydroxylation is 1. The van der Waals surface area contributed by atoms with Gasteiger partial charge in [-0.05, 0) is 30.7 Å². The number of nitrogens with zero attached hydrogens (tertiary/aromatic N) is 1. The predicted molar refractivity (Wildman–Crippen MR) is 68.8 cm³/mol. The van der Waals surface area contributed by atoms with Gasteiger partial charge in [-0.15, -0.1) is 11.3 Å². The predicted octanol–water partition coefficient (Wildman–Crippen LogP) is 3.90. The van der Waals surface area contributed by atoms with Crippen molar-refractivity contribution in [2.45, 2.75) is 26.2 Å². The Labute approximate surface area is 117 Å². The summed E-state index contributed by atoms with van der Waals surface area (Å²) >= 11 is 1.47. The molecule has 2 aromatic rings. The fourth-order valence-corrected chi connectivity index (χ4v) is 2.48. The third-order valence-electron chi connectivity index (χ3n) is 2.74. The number of benzene rings is 1. The van der Waals surface area contributed by atoms with Gasteiger partial charge in [0.1, 0.15) is 5.82 Å². The Balaban J connectivity index is 2.03. The van der Waals surface area contributed by atoms with Crippen LogP contribution in [0.3, 0.4) is 0 Å². The van der Waals surface area contributed by atoms with E-state index >= 15 is 0 Å². The van der Waals surface area contributed by atoms with Gasteiger partial charge in [-0.2, -0.15) is 13.2 Å². The Hall–Kier alpha value is -1.47. The number of alkyl halides is 3. The Bertz CT molecular complexity index is 592. The van der Waals surface area contributed by atoms with Crippen LogP contribution in [0.1, 0.15) is 21.7 Å². The van der Waals surface area contributed by atoms with E-state index in [1.165, 1.54) is 11.3 Å². The van der Waals surface area contributed by atoms with Gasteiger partial charge in [-0.25, -0.2) is 9.37 Å². The zero-order valence-corrected chi connectivity index (χ0v) is 11.4. The smallest absolute Gasteiger partial charge is 0.308 e. The molecule has 0 spiro atoms. The highest BCUT2D eigenvalue weighted by Gasteiger charge is 2.31. The van der Waals surface area contributed by atoms with Crippen molar-refractivity contribution in [2.24, 2.45) is 0 Å². The number of thiazole rings is 1. The molecule has 1 N–H and O–H groups in total. The number of rotatable bonds is 4. The average molecular weight is 304 g/mol. The summed E-state index contributed by atoms with van der Waals surface area (Å²) in [6, 6.07) is 2.55. The highest BCUT2D eigenvalue weighted by molar-refractivity contribution is 7.09. The van der Waals surface area contributed by atoms with Crippen LogP contribution >= 0.6 is 11.3 Å². The van der Waals surface area contributed by atoms with Gasteiger partial charge in [-0.1, -0.05) is 0 Å². The summed E-state index contributed by atoms with van der Waals surface area (Å²) in [6.07, 6.45) is -4.54. The van der Waals surface area contributed by atoms with E-state index < -0.39 is 17.6 Å². The monoisotopic (exact) mass is 304 g/mol. The molecule has 0 fully saturated rings. The second-order valence-electron chi connectivity index (χ2n) is 4.31. The number of aromatic nitrogens is 1. The molecule has 108 valence electrons. The molecule has 1 heterocycles. The SMILES string of the molecule is Cc1ncsc1CNCc1cc(F)cc(C(F)(F)F)c1. The third-order valence-corrected chi connectivity index (χ3v) is 3.68. The van der Waals surface area contributed by atoms with E-state index in [1.54, 1.807) is 5.51 Å². The largest absolute Gasteiger partial charge is 0.416 e. The summed E-state index contributed by atoms with van der Waals surface area (Å²) in [6.45, 7) is 2.52. The van der Waals surface area contributed by atoms with Gasteiger partial charge in [0.2, 0.25) is 0 Å². The first-order valence-corrected chi connectivity index (χ1v) is 6.70. The molecular formula is C13H12F4N2S. The minimum atomic E-state index is -4.54. The maximum atomic E-state index is 13.2. The summed E-state index contributed by atoms with van der Waals surface area (Å²) in [7, 11) is 0. The van der Waals surface area contributed by atoms with Crippen LogP contribution in [0.5, 0.6) is 0 Å². The van der Waals surface area contributed by atoms with Gasteiger partial charge < -0.3 is 5.32 Å². The normalized spacial score (nSPS) is 11.8. The van der Waals surface area contributed by atoms with Crippen molar-refractivity contribution >= 4 is 11.3 Å². The summed E-state index contributed by atoms with van der Waals surface area (Å²) in [5, 5.41) is 2.99. The van der Waals surface area contributed by atoms with Crippen molar-refractivity contribution in [1.29, 1.82) is 0 Å². The molecule has 0 unspecified atom stereocenters. The first-order chi connectivity index (χ1) is 9.36. The fraction of sp³-hybridized carbons (Fsp3) is 0.308. The minimum absolute atomic E-state index is 0.165. The van der Waals surface area contributed by atoms with Crippen LogP contribution in [0.2, 0.25) is 0 Å². The Morgan fingerprint density at radius 1 is 1.20 bits per heavy atom. The molecule has 20 heavy (non-hydrogen) atoms. The number of hydrogen-bond acceptors (Lipinski definition) is 3. The van der Waals surface area contributed by atoms with Gasteiger partial charge in [0.15, 0.2) is 0 Å². The first-order valence-electron chi connectivity index (χ1n) is 5.82. The topological polar surface area (TPSA) is 24.9 Å². The lowest BCUT2D eigenvalue weighted by molar-refractivity contribution is -0.137. The molecule has 0 bridgehead atoms. The molecule has 1 aromatic heterocycles. The molecule has 0 amide bonds. The van der Waals surface area contributed by atoms with Gasteiger partial charge >= 0.3 is 6.18 Å². The van der Waals surface area contributed by atoms with Crippen molar-refractivity contribution in [3.63, 3.8) is 0 Å². The maximum absolute atomic E-state index is 13.2. The molecule has 0 atom stereocenters. The van der Waals surface area contributed by atoms with E-state index in [0.29, 0.717) is 12.6 Å². The van der Waals surface area contributed by atoms with Crippen LogP contribution in [-0.4, -0.2) is 4.98 Å². The lowest BCUT2D eigenvalue weighted by Crippen LogP contribution is -2.14. The zero-order valence-electron chi connectivity index (χ0n) is 10.6. The van der Waals surface area contributed by atoms with E-state index in [2.05, 4.69) is 10.3 Å². The molecular weight excluding hydrogens is 292 g/mol. The highest BCUT2D eigenvalue weighted by Crippen LogP contribution is 2.30. The van der Waals surface area contributed by atoms with Crippen molar-refractivity contribution in [2.75, 3.05) is 0 Å². The standard InChI is InChI=1S/C13H12F4N2S/c1-8-12(20-7-19-8)6-18-5-9-2-10(13(15,16)17)4-11(14)3-9/h2-4,7,18H,5-6H2,1H3. The molecule has 2 rings (SSSR count). The van der Waals surface area contributed by atoms with Gasteiger partial charge in [0, 0.05) is 18.0 Å². The van der Waals surface area contributed by atoms with Crippen molar-refractivity contribution in [1.82, 2.24) is 10.3 Å². The van der Waals surface area contributed by atoms with Crippen LogP contribution in [0, 0.1) is 12.7 Å². The van der Waals surface area contributed by atoms with Gasteiger partial charge in [-0.3, -0.25) is 0 Å². The molecule has 1 aromatic carbocycles. The van der Waals surface area contributed by atoms with Crippen molar-refractivity contribution < 1.29 is 17.6 Å². The van der Waals surface area contributed by atoms with Crippen LogP contribution < -0.4 is 5.32 Å². The molecule has 0 radical (unpaired) electrons. The lowest BCUT2D eigenvalue weighted by Gasteiger charge is -2.10. The van der Waals surface area contributed by atoms with Crippen molar-refractivity contribution in [3.05, 3.63) is 51.2 Å². The zero-order chi connectivity index (χ0) is 14.8. The number of hydrogen-bond donors (Lipinski definition) is 1. The molecule has 0 saturated heterocycles. The second kappa shape index (κ2) is 5.88. The third kappa shape index (κ3) is 3.77. The van der Waals surface area contributed by atoms with Crippen LogP contribution in [-0.2, 0) is 19.3 Å². The summed E-state index contributed by atoms with van der Waals surface area (Å²) < 4.78 is 50.8. The summed E-state index contributed by atoms with van der Waals surface area (Å²) in [5.74, 6) is -0.884. The minimum Gasteiger partial charge on any atom is -0.308 e. The van der Waals surface area contributed by atoms with Crippen molar-refractivity contribution in [3.8, 4) is 0 Å². The Kier molecular flexibility index (Phi) is 4.39. The molecule has 0 aliphatic carbocycles. The van der Waals surface area contributed by atoms with E-state index in [4.69, 9.17) is 0 Å². The van der Waals surface area contributed by atoms with Gasteiger partial charge in [0.25, 0.3) is 0 Å². The van der Waals surface area contributed by atoms with Gasteiger partial charge in [0.05, 0.1) is 16.8 Å².